The van der Waals surface area contributed by atoms with Crippen LogP contribution in [0.25, 0.3) is 0 Å². The van der Waals surface area contributed by atoms with Crippen LogP contribution in [0.3, 0.4) is 0 Å². The van der Waals surface area contributed by atoms with Crippen LogP contribution in [0.15, 0.2) is 23.1 Å². The van der Waals surface area contributed by atoms with E-state index in [-0.39, 0.29) is 39.8 Å². The average molecular weight is 443 g/mol. The molecule has 1 aromatic carbocycles. The van der Waals surface area contributed by atoms with Gasteiger partial charge in [-0.1, -0.05) is 11.6 Å². The van der Waals surface area contributed by atoms with Gasteiger partial charge in [0.05, 0.1) is 18.3 Å². The second kappa shape index (κ2) is 8.43. The Kier molecular flexibility index (Phi) is 6.33. The van der Waals surface area contributed by atoms with Gasteiger partial charge in [0, 0.05) is 29.7 Å². The minimum absolute atomic E-state index is 0.0799. The van der Waals surface area contributed by atoms with E-state index in [1.54, 1.807) is 6.92 Å². The van der Waals surface area contributed by atoms with Gasteiger partial charge in [-0.2, -0.15) is 5.26 Å². The highest BCUT2D eigenvalue weighted by atomic mass is 35.5. The predicted octanol–water partition coefficient (Wildman–Crippen LogP) is -0.621. The number of amides is 1. The fraction of sp³-hybridized carbons (Fsp3) is 0.529. The molecule has 2 heterocycles. The number of sulfonamides is 1. The fourth-order valence-electron chi connectivity index (χ4n) is 3.60. The number of hydrogen-bond acceptors (Lipinski definition) is 8. The number of carbonyl (C=O) groups is 1. The summed E-state index contributed by atoms with van der Waals surface area (Å²) < 4.78 is 26.4. The van der Waals surface area contributed by atoms with Crippen molar-refractivity contribution in [2.24, 2.45) is 0 Å². The lowest BCUT2D eigenvalue weighted by Crippen LogP contribution is -2.65. The molecule has 1 fully saturated rings. The molecule has 0 aromatic heterocycles. The summed E-state index contributed by atoms with van der Waals surface area (Å²) in [6, 6.07) is 5.48. The van der Waals surface area contributed by atoms with Gasteiger partial charge in [-0.05, 0) is 32.0 Å². The Balaban J connectivity index is 1.68. The first kappa shape index (κ1) is 21.8. The minimum atomic E-state index is -4.12. The molecule has 5 N–H and O–H groups in total. The van der Waals surface area contributed by atoms with E-state index < -0.39 is 28.8 Å². The molecular formula is C17H23ClN6O4S. The van der Waals surface area contributed by atoms with E-state index in [2.05, 4.69) is 27.3 Å². The standard InChI is InChI=1S/C17H23ClN6O4S/c1-9-16(20-7-12(6-19)21-9)10(2)22-15(25)8-24-17(26)23-13-4-3-11(18)5-14(13)29(24,27)28/h3-5,9-10,12,16-17,20-21,23,26H,7-8H2,1-2H3,(H,22,25)/t9?,10-,12?,16?,17?/m1/s1. The number of anilines is 1. The van der Waals surface area contributed by atoms with Crippen molar-refractivity contribution in [1.82, 2.24) is 20.3 Å². The number of nitrogens with one attached hydrogen (secondary N) is 4. The molecule has 10 nitrogen and oxygen atoms in total. The highest BCUT2D eigenvalue weighted by Crippen LogP contribution is 2.33. The van der Waals surface area contributed by atoms with Crippen molar-refractivity contribution in [1.29, 1.82) is 5.26 Å². The second-order valence-electron chi connectivity index (χ2n) is 7.14. The molecule has 2 aliphatic rings. The van der Waals surface area contributed by atoms with E-state index in [4.69, 9.17) is 16.9 Å². The lowest BCUT2D eigenvalue weighted by molar-refractivity contribution is -0.123. The number of hydrogen-bond donors (Lipinski definition) is 5. The molecule has 1 saturated heterocycles. The van der Waals surface area contributed by atoms with E-state index in [0.717, 1.165) is 0 Å². The zero-order valence-electron chi connectivity index (χ0n) is 15.9. The molecular weight excluding hydrogens is 420 g/mol. The molecule has 158 valence electrons. The molecule has 2 aliphatic heterocycles. The van der Waals surface area contributed by atoms with E-state index in [1.165, 1.54) is 18.2 Å². The number of nitrogens with zero attached hydrogens (tertiary/aromatic N) is 2. The first-order valence-electron chi connectivity index (χ1n) is 9.08. The summed E-state index contributed by atoms with van der Waals surface area (Å²) in [5.41, 5.74) is 0.213. The normalized spacial score (nSPS) is 29.8. The maximum absolute atomic E-state index is 12.8. The smallest absolute Gasteiger partial charge is 0.249 e. The zero-order valence-corrected chi connectivity index (χ0v) is 17.5. The van der Waals surface area contributed by atoms with Crippen molar-refractivity contribution in [3.63, 3.8) is 0 Å². The van der Waals surface area contributed by atoms with Gasteiger partial charge >= 0.3 is 0 Å². The Labute approximate surface area is 174 Å². The van der Waals surface area contributed by atoms with Crippen molar-refractivity contribution in [3.05, 3.63) is 23.2 Å². The van der Waals surface area contributed by atoms with Crippen LogP contribution in [0.4, 0.5) is 5.69 Å². The maximum Gasteiger partial charge on any atom is 0.249 e. The number of benzene rings is 1. The fourth-order valence-corrected chi connectivity index (χ4v) is 5.38. The van der Waals surface area contributed by atoms with Crippen molar-refractivity contribution in [3.8, 4) is 6.07 Å². The number of piperazine rings is 1. The van der Waals surface area contributed by atoms with Crippen LogP contribution in [0.1, 0.15) is 13.8 Å². The van der Waals surface area contributed by atoms with Crippen LogP contribution in [0.5, 0.6) is 0 Å². The summed E-state index contributed by atoms with van der Waals surface area (Å²) in [6.45, 7) is 3.55. The van der Waals surface area contributed by atoms with Crippen molar-refractivity contribution in [2.75, 3.05) is 18.4 Å². The lowest BCUT2D eigenvalue weighted by atomic mass is 9.98. The molecule has 5 atom stereocenters. The summed E-state index contributed by atoms with van der Waals surface area (Å²) in [7, 11) is -4.12. The number of aliphatic hydroxyl groups is 1. The minimum Gasteiger partial charge on any atom is -0.360 e. The van der Waals surface area contributed by atoms with Gasteiger partial charge < -0.3 is 21.1 Å². The Morgan fingerprint density at radius 2 is 2.24 bits per heavy atom. The van der Waals surface area contributed by atoms with Gasteiger partial charge in [0.2, 0.25) is 15.9 Å². The Hall–Kier alpha value is -1.94. The van der Waals surface area contributed by atoms with Crippen LogP contribution < -0.4 is 21.3 Å². The molecule has 0 aliphatic carbocycles. The SMILES string of the molecule is CC1NC(C#N)CNC1[C@@H](C)NC(=O)CN1C(O)Nc2ccc(Cl)cc2S1(=O)=O. The first-order valence-corrected chi connectivity index (χ1v) is 10.9. The number of carbonyl (C=O) groups excluding carboxylic acids is 1. The molecule has 29 heavy (non-hydrogen) atoms. The maximum atomic E-state index is 12.8. The van der Waals surface area contributed by atoms with E-state index in [0.29, 0.717) is 10.8 Å². The van der Waals surface area contributed by atoms with Gasteiger partial charge in [-0.25, -0.2) is 8.42 Å². The summed E-state index contributed by atoms with van der Waals surface area (Å²) >= 11 is 5.90. The van der Waals surface area contributed by atoms with Gasteiger partial charge in [-0.15, -0.1) is 4.31 Å². The summed E-state index contributed by atoms with van der Waals surface area (Å²) in [6.07, 6.45) is -1.58. The highest BCUT2D eigenvalue weighted by molar-refractivity contribution is 7.89. The lowest BCUT2D eigenvalue weighted by Gasteiger charge is -2.38. The monoisotopic (exact) mass is 442 g/mol. The quantitative estimate of drug-likeness (QED) is 0.414. The number of rotatable bonds is 4. The van der Waals surface area contributed by atoms with E-state index in [9.17, 15) is 18.3 Å². The van der Waals surface area contributed by atoms with Gasteiger partial charge in [0.15, 0.2) is 6.35 Å². The van der Waals surface area contributed by atoms with Gasteiger partial charge in [0.25, 0.3) is 0 Å². The van der Waals surface area contributed by atoms with Gasteiger partial charge in [0.1, 0.15) is 10.9 Å². The predicted molar refractivity (Wildman–Crippen MR) is 106 cm³/mol. The summed E-state index contributed by atoms with van der Waals surface area (Å²) in [4.78, 5) is 12.4. The zero-order chi connectivity index (χ0) is 21.3. The Morgan fingerprint density at radius 3 is 2.90 bits per heavy atom. The molecule has 1 amide bonds. The molecule has 0 saturated carbocycles. The van der Waals surface area contributed by atoms with Crippen LogP contribution in [-0.2, 0) is 14.8 Å². The molecule has 12 heteroatoms. The first-order chi connectivity index (χ1) is 13.6. The second-order valence-corrected chi connectivity index (χ2v) is 9.43. The number of nitriles is 1. The Morgan fingerprint density at radius 1 is 1.52 bits per heavy atom. The van der Waals surface area contributed by atoms with Gasteiger partial charge in [-0.3, -0.25) is 10.1 Å². The molecule has 3 rings (SSSR count). The summed E-state index contributed by atoms with van der Waals surface area (Å²) in [5.74, 6) is -0.566. The molecule has 0 bridgehead atoms. The van der Waals surface area contributed by atoms with Crippen LogP contribution >= 0.6 is 11.6 Å². The van der Waals surface area contributed by atoms with E-state index in [1.807, 2.05) is 6.92 Å². The summed E-state index contributed by atoms with van der Waals surface area (Å²) in [5, 5.41) is 31.2. The molecule has 1 aromatic rings. The molecule has 4 unspecified atom stereocenters. The number of fused-ring (bicyclic) bond motifs is 1. The third kappa shape index (κ3) is 4.48. The van der Waals surface area contributed by atoms with Crippen LogP contribution in [0, 0.1) is 11.3 Å². The third-order valence-electron chi connectivity index (χ3n) is 5.03. The Bertz CT molecular complexity index is 936. The number of aliphatic hydroxyl groups excluding tert-OH is 1. The van der Waals surface area contributed by atoms with Crippen molar-refractivity contribution in [2.45, 2.75) is 49.3 Å². The topological polar surface area (TPSA) is 147 Å². The van der Waals surface area contributed by atoms with Crippen molar-refractivity contribution >= 4 is 33.2 Å². The van der Waals surface area contributed by atoms with Crippen LogP contribution in [-0.4, -0.2) is 67.3 Å². The third-order valence-corrected chi connectivity index (χ3v) is 7.11. The number of halogens is 1. The average Bonchev–Trinajstić information content (AvgIpc) is 2.65. The molecule has 0 spiro atoms. The van der Waals surface area contributed by atoms with Crippen molar-refractivity contribution < 1.29 is 18.3 Å². The largest absolute Gasteiger partial charge is 0.360 e. The van der Waals surface area contributed by atoms with E-state index >= 15 is 0 Å². The molecule has 0 radical (unpaired) electrons. The highest BCUT2D eigenvalue weighted by Gasteiger charge is 2.39. The van der Waals surface area contributed by atoms with Crippen LogP contribution in [0.2, 0.25) is 5.02 Å².